The minimum Gasteiger partial charge on any atom is -0.456 e. The predicted octanol–water partition coefficient (Wildman–Crippen LogP) is 11.7. The van der Waals surface area contributed by atoms with E-state index in [0.717, 1.165) is 66.3 Å². The van der Waals surface area contributed by atoms with Crippen molar-refractivity contribution < 1.29 is 8.81 Å². The molecule has 0 aliphatic heterocycles. The molecule has 1 heterocycles. The Bertz CT molecular complexity index is 2250. The first-order chi connectivity index (χ1) is 21.2. The first-order valence-electron chi connectivity index (χ1n) is 14.4. The molecule has 0 amide bonds. The van der Waals surface area contributed by atoms with Crippen molar-refractivity contribution >= 4 is 49.8 Å². The van der Waals surface area contributed by atoms with Crippen LogP contribution in [-0.2, 0) is 0 Å². The maximum atomic E-state index is 16.9. The number of halogens is 1. The highest BCUT2D eigenvalue weighted by atomic mass is 19.1. The number of furan rings is 1. The van der Waals surface area contributed by atoms with Crippen LogP contribution in [0.3, 0.4) is 0 Å². The van der Waals surface area contributed by atoms with Crippen LogP contribution in [0.25, 0.3) is 55.0 Å². The van der Waals surface area contributed by atoms with Crippen LogP contribution in [0, 0.1) is 5.82 Å². The van der Waals surface area contributed by atoms with Crippen LogP contribution >= 0.6 is 0 Å². The van der Waals surface area contributed by atoms with Crippen molar-refractivity contribution in [2.45, 2.75) is 0 Å². The zero-order valence-corrected chi connectivity index (χ0v) is 23.2. The fraction of sp³-hybridized carbons (Fsp3) is 0. The van der Waals surface area contributed by atoms with E-state index >= 15 is 4.39 Å². The molecule has 0 fully saturated rings. The van der Waals surface area contributed by atoms with Crippen molar-refractivity contribution in [1.29, 1.82) is 0 Å². The summed E-state index contributed by atoms with van der Waals surface area (Å²) in [6.45, 7) is 0. The van der Waals surface area contributed by atoms with Gasteiger partial charge >= 0.3 is 0 Å². The van der Waals surface area contributed by atoms with E-state index in [2.05, 4.69) is 48.5 Å². The van der Waals surface area contributed by atoms with E-state index in [1.165, 1.54) is 0 Å². The molecular weight excluding hydrogens is 529 g/mol. The zero-order chi connectivity index (χ0) is 28.8. The Kier molecular flexibility index (Phi) is 6.01. The molecule has 0 aliphatic rings. The van der Waals surface area contributed by atoms with Crippen LogP contribution in [-0.4, -0.2) is 0 Å². The third-order valence-corrected chi connectivity index (χ3v) is 8.11. The van der Waals surface area contributed by atoms with Gasteiger partial charge in [0.2, 0.25) is 0 Å². The fourth-order valence-electron chi connectivity index (χ4n) is 6.11. The van der Waals surface area contributed by atoms with Crippen LogP contribution in [0.15, 0.2) is 162 Å². The first kappa shape index (κ1) is 25.1. The van der Waals surface area contributed by atoms with Gasteiger partial charge in [-0.15, -0.1) is 0 Å². The standard InChI is InChI=1S/C40H26FNO/c41-36-25-30(27-12-3-1-4-13-27)24-35(29-14-5-2-6-15-29)40(36)42(37-20-11-17-28-16-7-8-18-32(28)37)31-22-23-34-33-19-9-10-21-38(33)43-39(34)26-31/h1-26H. The summed E-state index contributed by atoms with van der Waals surface area (Å²) in [5, 5.41) is 4.20. The number of hydrogen-bond donors (Lipinski definition) is 0. The molecule has 2 nitrogen and oxygen atoms in total. The summed E-state index contributed by atoms with van der Waals surface area (Å²) in [4.78, 5) is 2.04. The summed E-state index contributed by atoms with van der Waals surface area (Å²) < 4.78 is 23.2. The van der Waals surface area contributed by atoms with Crippen LogP contribution in [0.4, 0.5) is 21.5 Å². The van der Waals surface area contributed by atoms with Crippen LogP contribution < -0.4 is 4.90 Å². The molecule has 0 unspecified atom stereocenters. The first-order valence-corrected chi connectivity index (χ1v) is 14.4. The lowest BCUT2D eigenvalue weighted by Crippen LogP contribution is -2.14. The minimum atomic E-state index is -0.308. The van der Waals surface area contributed by atoms with E-state index in [4.69, 9.17) is 4.42 Å². The topological polar surface area (TPSA) is 16.4 Å². The number of benzene rings is 7. The second kappa shape index (κ2) is 10.3. The number of rotatable bonds is 5. The second-order valence-corrected chi connectivity index (χ2v) is 10.7. The molecule has 1 aromatic heterocycles. The normalized spacial score (nSPS) is 11.4. The van der Waals surface area contributed by atoms with E-state index in [1.54, 1.807) is 6.07 Å². The maximum absolute atomic E-state index is 16.9. The average Bonchev–Trinajstić information content (AvgIpc) is 3.44. The Balaban J connectivity index is 1.45. The van der Waals surface area contributed by atoms with Gasteiger partial charge in [-0.25, -0.2) is 4.39 Å². The van der Waals surface area contributed by atoms with Gasteiger partial charge in [-0.2, -0.15) is 0 Å². The van der Waals surface area contributed by atoms with Crippen molar-refractivity contribution in [3.63, 3.8) is 0 Å². The Morgan fingerprint density at radius 1 is 0.465 bits per heavy atom. The van der Waals surface area contributed by atoms with Crippen LogP contribution in [0.5, 0.6) is 0 Å². The number of hydrogen-bond acceptors (Lipinski definition) is 2. The smallest absolute Gasteiger partial charge is 0.148 e. The van der Waals surface area contributed by atoms with Gasteiger partial charge in [-0.3, -0.25) is 0 Å². The maximum Gasteiger partial charge on any atom is 0.148 e. The summed E-state index contributed by atoms with van der Waals surface area (Å²) in [5.74, 6) is -0.308. The number of para-hydroxylation sites is 1. The molecule has 0 aliphatic carbocycles. The zero-order valence-electron chi connectivity index (χ0n) is 23.2. The number of anilines is 3. The van der Waals surface area contributed by atoms with Crippen molar-refractivity contribution in [3.8, 4) is 22.3 Å². The lowest BCUT2D eigenvalue weighted by molar-refractivity contribution is 0.629. The van der Waals surface area contributed by atoms with Crippen LogP contribution in [0.2, 0.25) is 0 Å². The minimum absolute atomic E-state index is 0.308. The quantitative estimate of drug-likeness (QED) is 0.210. The molecule has 8 rings (SSSR count). The van der Waals surface area contributed by atoms with Crippen LogP contribution in [0.1, 0.15) is 0 Å². The van der Waals surface area contributed by atoms with Gasteiger partial charge in [-0.1, -0.05) is 115 Å². The molecule has 0 atom stereocenters. The fourth-order valence-corrected chi connectivity index (χ4v) is 6.11. The lowest BCUT2D eigenvalue weighted by Gasteiger charge is -2.30. The van der Waals surface area contributed by atoms with E-state index in [0.29, 0.717) is 5.69 Å². The largest absolute Gasteiger partial charge is 0.456 e. The summed E-state index contributed by atoms with van der Waals surface area (Å²) in [6, 6.07) is 52.4. The van der Waals surface area contributed by atoms with E-state index in [9.17, 15) is 0 Å². The number of fused-ring (bicyclic) bond motifs is 4. The van der Waals surface area contributed by atoms with E-state index < -0.39 is 0 Å². The second-order valence-electron chi connectivity index (χ2n) is 10.7. The van der Waals surface area contributed by atoms with Crippen molar-refractivity contribution in [1.82, 2.24) is 0 Å². The molecule has 43 heavy (non-hydrogen) atoms. The Morgan fingerprint density at radius 3 is 1.93 bits per heavy atom. The Morgan fingerprint density at radius 2 is 1.12 bits per heavy atom. The highest BCUT2D eigenvalue weighted by Gasteiger charge is 2.25. The summed E-state index contributed by atoms with van der Waals surface area (Å²) in [6.07, 6.45) is 0. The molecule has 8 aromatic rings. The molecule has 0 N–H and O–H groups in total. The van der Waals surface area contributed by atoms with Crippen molar-refractivity contribution in [2.24, 2.45) is 0 Å². The third kappa shape index (κ3) is 4.34. The highest BCUT2D eigenvalue weighted by Crippen LogP contribution is 2.47. The monoisotopic (exact) mass is 555 g/mol. The molecule has 0 radical (unpaired) electrons. The van der Waals surface area contributed by atoms with E-state index in [-0.39, 0.29) is 5.82 Å². The molecule has 0 saturated heterocycles. The predicted molar refractivity (Wildman–Crippen MR) is 177 cm³/mol. The van der Waals surface area contributed by atoms with E-state index in [1.807, 2.05) is 108 Å². The molecule has 3 heteroatoms. The SMILES string of the molecule is Fc1cc(-c2ccccc2)cc(-c2ccccc2)c1N(c1ccc2c(c1)oc1ccccc12)c1cccc2ccccc12. The lowest BCUT2D eigenvalue weighted by atomic mass is 9.95. The molecule has 0 bridgehead atoms. The third-order valence-electron chi connectivity index (χ3n) is 8.11. The summed E-state index contributed by atoms with van der Waals surface area (Å²) >= 11 is 0. The Hall–Kier alpha value is -5.67. The van der Waals surface area contributed by atoms with Gasteiger partial charge in [0.15, 0.2) is 0 Å². The van der Waals surface area contributed by atoms with Gasteiger partial charge in [0.05, 0.1) is 17.1 Å². The van der Waals surface area contributed by atoms with Gasteiger partial charge in [0.25, 0.3) is 0 Å². The molecule has 204 valence electrons. The molecule has 7 aromatic carbocycles. The van der Waals surface area contributed by atoms with Gasteiger partial charge in [0.1, 0.15) is 17.0 Å². The van der Waals surface area contributed by atoms with Gasteiger partial charge in [0, 0.05) is 27.8 Å². The summed E-state index contributed by atoms with van der Waals surface area (Å²) in [7, 11) is 0. The Labute approximate surface area is 248 Å². The summed E-state index contributed by atoms with van der Waals surface area (Å²) in [5.41, 5.74) is 7.29. The highest BCUT2D eigenvalue weighted by molar-refractivity contribution is 6.07. The molecule has 0 saturated carbocycles. The van der Waals surface area contributed by atoms with Gasteiger partial charge in [-0.05, 0) is 58.5 Å². The average molecular weight is 556 g/mol. The van der Waals surface area contributed by atoms with Crippen molar-refractivity contribution in [2.75, 3.05) is 4.90 Å². The molecular formula is C40H26FNO. The van der Waals surface area contributed by atoms with Crippen molar-refractivity contribution in [3.05, 3.63) is 164 Å². The van der Waals surface area contributed by atoms with Gasteiger partial charge < -0.3 is 9.32 Å². The number of nitrogens with zero attached hydrogens (tertiary/aromatic N) is 1. The molecule has 0 spiro atoms.